The van der Waals surface area contributed by atoms with Gasteiger partial charge in [-0.1, -0.05) is 0 Å². The van der Waals surface area contributed by atoms with Crippen LogP contribution in [0.1, 0.15) is 19.3 Å². The summed E-state index contributed by atoms with van der Waals surface area (Å²) in [5, 5.41) is 5.64. The summed E-state index contributed by atoms with van der Waals surface area (Å²) < 4.78 is 5.59. The van der Waals surface area contributed by atoms with Crippen molar-refractivity contribution in [2.24, 2.45) is 5.84 Å². The molecule has 4 heteroatoms. The third-order valence-electron chi connectivity index (χ3n) is 3.69. The van der Waals surface area contributed by atoms with Crippen LogP contribution < -0.4 is 11.2 Å². The van der Waals surface area contributed by atoms with E-state index in [4.69, 9.17) is 10.6 Å². The summed E-state index contributed by atoms with van der Waals surface area (Å²) in [6.45, 7) is 2.88. The average Bonchev–Trinajstić information content (AvgIpc) is 2.23. The van der Waals surface area contributed by atoms with Crippen molar-refractivity contribution in [3.8, 4) is 0 Å². The van der Waals surface area contributed by atoms with Gasteiger partial charge in [0.15, 0.2) is 0 Å². The molecule has 13 heavy (non-hydrogen) atoms. The van der Waals surface area contributed by atoms with E-state index in [0.29, 0.717) is 12.1 Å². The van der Waals surface area contributed by atoms with E-state index in [1.807, 2.05) is 5.01 Å². The van der Waals surface area contributed by atoms with E-state index < -0.39 is 0 Å². The zero-order valence-corrected chi connectivity index (χ0v) is 7.83. The lowest BCUT2D eigenvalue weighted by Gasteiger charge is -2.47. The number of piperazine rings is 1. The van der Waals surface area contributed by atoms with Gasteiger partial charge in [-0.15, -0.1) is 0 Å². The monoisotopic (exact) mass is 183 g/mol. The molecule has 0 amide bonds. The predicted octanol–water partition coefficient (Wildman–Crippen LogP) is -0.545. The lowest BCUT2D eigenvalue weighted by atomic mass is 9.86. The second kappa shape index (κ2) is 2.67. The second-order valence-electron chi connectivity index (χ2n) is 4.61. The van der Waals surface area contributed by atoms with Crippen LogP contribution in [0.4, 0.5) is 0 Å². The normalized spacial score (nSPS) is 50.5. The van der Waals surface area contributed by atoms with E-state index in [-0.39, 0.29) is 5.54 Å². The number of hydrogen-bond acceptors (Lipinski definition) is 4. The Labute approximate surface area is 78.4 Å². The molecule has 0 aromatic carbocycles. The third kappa shape index (κ3) is 1.13. The van der Waals surface area contributed by atoms with Gasteiger partial charge in [-0.05, 0) is 19.3 Å². The molecule has 4 nitrogen and oxygen atoms in total. The number of hydrazine groups is 1. The van der Waals surface area contributed by atoms with Crippen molar-refractivity contribution in [2.75, 3.05) is 19.7 Å². The molecule has 3 N–H and O–H groups in total. The Bertz CT molecular complexity index is 219. The van der Waals surface area contributed by atoms with Gasteiger partial charge in [-0.25, -0.2) is 5.01 Å². The van der Waals surface area contributed by atoms with Gasteiger partial charge in [0.05, 0.1) is 11.6 Å². The molecule has 0 radical (unpaired) electrons. The fourth-order valence-corrected chi connectivity index (χ4v) is 2.98. The topological polar surface area (TPSA) is 50.5 Å². The predicted molar refractivity (Wildman–Crippen MR) is 49.0 cm³/mol. The van der Waals surface area contributed by atoms with Crippen molar-refractivity contribution in [3.05, 3.63) is 0 Å². The zero-order valence-electron chi connectivity index (χ0n) is 7.83. The second-order valence-corrected chi connectivity index (χ2v) is 4.61. The van der Waals surface area contributed by atoms with Gasteiger partial charge in [0, 0.05) is 25.7 Å². The highest BCUT2D eigenvalue weighted by Crippen LogP contribution is 2.37. The van der Waals surface area contributed by atoms with E-state index in [1.54, 1.807) is 0 Å². The van der Waals surface area contributed by atoms with E-state index in [1.165, 1.54) is 19.3 Å². The quantitative estimate of drug-likeness (QED) is 0.536. The van der Waals surface area contributed by atoms with Crippen LogP contribution in [-0.4, -0.2) is 42.4 Å². The maximum atomic E-state index is 5.90. The minimum absolute atomic E-state index is 0.190. The molecular weight excluding hydrogens is 166 g/mol. The summed E-state index contributed by atoms with van der Waals surface area (Å²) in [4.78, 5) is 0. The molecule has 3 saturated heterocycles. The maximum absolute atomic E-state index is 5.90. The summed E-state index contributed by atoms with van der Waals surface area (Å²) >= 11 is 0. The van der Waals surface area contributed by atoms with Crippen LogP contribution in [0.2, 0.25) is 0 Å². The van der Waals surface area contributed by atoms with Gasteiger partial charge in [-0.3, -0.25) is 5.84 Å². The number of hydrogen-bond donors (Lipinski definition) is 2. The largest absolute Gasteiger partial charge is 0.376 e. The van der Waals surface area contributed by atoms with E-state index in [9.17, 15) is 0 Å². The molecule has 0 aromatic rings. The van der Waals surface area contributed by atoms with Crippen LogP contribution in [0, 0.1) is 0 Å². The molecule has 3 heterocycles. The Balaban J connectivity index is 1.81. The van der Waals surface area contributed by atoms with Gasteiger partial charge in [0.1, 0.15) is 0 Å². The highest BCUT2D eigenvalue weighted by atomic mass is 16.5. The number of fused-ring (bicyclic) bond motifs is 2. The summed E-state index contributed by atoms with van der Waals surface area (Å²) in [7, 11) is 0. The van der Waals surface area contributed by atoms with Crippen LogP contribution in [0.3, 0.4) is 0 Å². The van der Waals surface area contributed by atoms with Crippen molar-refractivity contribution in [2.45, 2.75) is 36.9 Å². The maximum Gasteiger partial charge on any atom is 0.0791 e. The first kappa shape index (κ1) is 8.17. The lowest BCUT2D eigenvalue weighted by Crippen LogP contribution is -2.68. The molecule has 3 unspecified atom stereocenters. The molecule has 3 atom stereocenters. The average molecular weight is 183 g/mol. The van der Waals surface area contributed by atoms with Gasteiger partial charge in [0.25, 0.3) is 0 Å². The standard InChI is InChI=1S/C9H17N3O/c10-12-5-7-1-3-9(6-12,11-7)8-2-4-13-8/h7-8,11H,1-6,10H2. The highest BCUT2D eigenvalue weighted by Gasteiger charge is 2.51. The molecule has 3 rings (SSSR count). The first-order valence-electron chi connectivity index (χ1n) is 5.17. The molecule has 0 aliphatic carbocycles. The van der Waals surface area contributed by atoms with Crippen LogP contribution in [-0.2, 0) is 4.74 Å². The van der Waals surface area contributed by atoms with Crippen molar-refractivity contribution >= 4 is 0 Å². The summed E-state index contributed by atoms with van der Waals surface area (Å²) in [6, 6.07) is 0.600. The Morgan fingerprint density at radius 2 is 2.31 bits per heavy atom. The zero-order chi connectivity index (χ0) is 8.89. The van der Waals surface area contributed by atoms with E-state index in [2.05, 4.69) is 5.32 Å². The summed E-state index contributed by atoms with van der Waals surface area (Å²) in [6.07, 6.45) is 4.11. The number of nitrogens with one attached hydrogen (secondary N) is 1. The summed E-state index contributed by atoms with van der Waals surface area (Å²) in [5.41, 5.74) is 0.190. The molecular formula is C9H17N3O. The molecule has 3 aliphatic rings. The molecule has 0 saturated carbocycles. The van der Waals surface area contributed by atoms with Crippen LogP contribution in [0.25, 0.3) is 0 Å². The van der Waals surface area contributed by atoms with Crippen LogP contribution >= 0.6 is 0 Å². The molecule has 0 spiro atoms. The van der Waals surface area contributed by atoms with Crippen molar-refractivity contribution < 1.29 is 4.74 Å². The van der Waals surface area contributed by atoms with Gasteiger partial charge >= 0.3 is 0 Å². The molecule has 2 bridgehead atoms. The van der Waals surface area contributed by atoms with Gasteiger partial charge in [0.2, 0.25) is 0 Å². The first-order valence-corrected chi connectivity index (χ1v) is 5.17. The number of nitrogens with zero attached hydrogens (tertiary/aromatic N) is 1. The number of nitrogens with two attached hydrogens (primary N) is 1. The minimum Gasteiger partial charge on any atom is -0.376 e. The van der Waals surface area contributed by atoms with Crippen molar-refractivity contribution in [1.82, 2.24) is 10.3 Å². The fourth-order valence-electron chi connectivity index (χ4n) is 2.98. The lowest BCUT2D eigenvalue weighted by molar-refractivity contribution is -0.114. The van der Waals surface area contributed by atoms with Crippen LogP contribution in [0.5, 0.6) is 0 Å². The fraction of sp³-hybridized carbons (Fsp3) is 1.00. The van der Waals surface area contributed by atoms with Crippen molar-refractivity contribution in [1.29, 1.82) is 0 Å². The van der Waals surface area contributed by atoms with Gasteiger partial charge in [-0.2, -0.15) is 0 Å². The first-order chi connectivity index (χ1) is 6.28. The van der Waals surface area contributed by atoms with Crippen molar-refractivity contribution in [3.63, 3.8) is 0 Å². The smallest absolute Gasteiger partial charge is 0.0791 e. The Kier molecular flexibility index (Phi) is 1.68. The molecule has 3 aliphatic heterocycles. The number of ether oxygens (including phenoxy) is 1. The Morgan fingerprint density at radius 3 is 3.00 bits per heavy atom. The minimum atomic E-state index is 0.190. The van der Waals surface area contributed by atoms with E-state index in [0.717, 1.165) is 19.7 Å². The summed E-state index contributed by atoms with van der Waals surface area (Å²) in [5.74, 6) is 5.90. The number of rotatable bonds is 1. The molecule has 3 fully saturated rings. The third-order valence-corrected chi connectivity index (χ3v) is 3.69. The molecule has 74 valence electrons. The van der Waals surface area contributed by atoms with Crippen LogP contribution in [0.15, 0.2) is 0 Å². The molecule has 0 aromatic heterocycles. The Morgan fingerprint density at radius 1 is 1.46 bits per heavy atom. The van der Waals surface area contributed by atoms with E-state index >= 15 is 0 Å². The highest BCUT2D eigenvalue weighted by molar-refractivity contribution is 5.09. The van der Waals surface area contributed by atoms with Gasteiger partial charge < -0.3 is 10.1 Å². The SMILES string of the molecule is NN1CC2CCC(C3CCO3)(C1)N2. The Hall–Kier alpha value is -0.160.